The summed E-state index contributed by atoms with van der Waals surface area (Å²) in [5.74, 6) is -1.71. The van der Waals surface area contributed by atoms with E-state index in [0.29, 0.717) is 12.4 Å². The van der Waals surface area contributed by atoms with Crippen molar-refractivity contribution < 1.29 is 33.0 Å². The van der Waals surface area contributed by atoms with Crippen molar-refractivity contribution in [2.45, 2.75) is 20.0 Å². The van der Waals surface area contributed by atoms with Crippen LogP contribution in [-0.4, -0.2) is 36.7 Å². The van der Waals surface area contributed by atoms with Crippen LogP contribution in [0, 0.1) is 5.92 Å². The smallest absolute Gasteiger partial charge is 0.387 e. The highest BCUT2D eigenvalue weighted by atomic mass is 19.3. The summed E-state index contributed by atoms with van der Waals surface area (Å²) >= 11 is 0. The second-order valence-electron chi connectivity index (χ2n) is 5.93. The summed E-state index contributed by atoms with van der Waals surface area (Å²) in [6, 6.07) is 12.2. The average molecular weight is 393 g/mol. The Bertz CT molecular complexity index is 778. The van der Waals surface area contributed by atoms with Gasteiger partial charge >= 0.3 is 12.6 Å². The second-order valence-corrected chi connectivity index (χ2v) is 5.93. The van der Waals surface area contributed by atoms with E-state index < -0.39 is 24.4 Å². The van der Waals surface area contributed by atoms with Gasteiger partial charge in [-0.25, -0.2) is 0 Å². The van der Waals surface area contributed by atoms with Gasteiger partial charge in [-0.2, -0.15) is 8.78 Å². The summed E-state index contributed by atoms with van der Waals surface area (Å²) in [7, 11) is 0. The van der Waals surface area contributed by atoms with Crippen LogP contribution in [0.4, 0.5) is 8.78 Å². The molecule has 2 aromatic rings. The number of amides is 1. The van der Waals surface area contributed by atoms with Crippen LogP contribution in [0.2, 0.25) is 0 Å². The SMILES string of the molecule is CCOc1ccc(CC(CNC(=O)c2ccc(OC(F)F)cc2)C(=O)O)cc1. The lowest BCUT2D eigenvalue weighted by molar-refractivity contribution is -0.141. The summed E-state index contributed by atoms with van der Waals surface area (Å²) in [5.41, 5.74) is 1.02. The standard InChI is InChI=1S/C20H21F2NO5/c1-2-27-16-7-3-13(4-8-16)11-15(19(25)26)12-23-18(24)14-5-9-17(10-6-14)28-20(21)22/h3-10,15,20H,2,11-12H2,1H3,(H,23,24)(H,25,26). The topological polar surface area (TPSA) is 84.9 Å². The first-order valence-corrected chi connectivity index (χ1v) is 8.66. The Morgan fingerprint density at radius 1 is 1.04 bits per heavy atom. The molecular weight excluding hydrogens is 372 g/mol. The fraction of sp³-hybridized carbons (Fsp3) is 0.300. The normalized spacial score (nSPS) is 11.7. The van der Waals surface area contributed by atoms with Crippen LogP contribution in [0.15, 0.2) is 48.5 Å². The minimum Gasteiger partial charge on any atom is -0.494 e. The molecule has 0 spiro atoms. The molecule has 0 bridgehead atoms. The number of carboxylic acid groups (broad SMARTS) is 1. The molecule has 2 rings (SSSR count). The lowest BCUT2D eigenvalue weighted by Gasteiger charge is -2.14. The second kappa shape index (κ2) is 10.2. The highest BCUT2D eigenvalue weighted by molar-refractivity contribution is 5.94. The van der Waals surface area contributed by atoms with Gasteiger partial charge in [0.1, 0.15) is 11.5 Å². The van der Waals surface area contributed by atoms with Gasteiger partial charge in [-0.3, -0.25) is 9.59 Å². The number of carbonyl (C=O) groups is 2. The van der Waals surface area contributed by atoms with Crippen molar-refractivity contribution in [1.29, 1.82) is 0 Å². The van der Waals surface area contributed by atoms with E-state index in [1.165, 1.54) is 24.3 Å². The number of ether oxygens (including phenoxy) is 2. The zero-order valence-electron chi connectivity index (χ0n) is 15.2. The van der Waals surface area contributed by atoms with Gasteiger partial charge in [0, 0.05) is 12.1 Å². The predicted molar refractivity (Wildman–Crippen MR) is 97.8 cm³/mol. The summed E-state index contributed by atoms with van der Waals surface area (Å²) in [5, 5.41) is 12.0. The van der Waals surface area contributed by atoms with Crippen molar-refractivity contribution in [2.75, 3.05) is 13.2 Å². The van der Waals surface area contributed by atoms with Crippen molar-refractivity contribution >= 4 is 11.9 Å². The molecule has 0 aromatic heterocycles. The van der Waals surface area contributed by atoms with Crippen LogP contribution in [0.25, 0.3) is 0 Å². The number of aliphatic carboxylic acids is 1. The Balaban J connectivity index is 1.93. The molecular formula is C20H21F2NO5. The van der Waals surface area contributed by atoms with Crippen molar-refractivity contribution in [3.63, 3.8) is 0 Å². The van der Waals surface area contributed by atoms with E-state index in [4.69, 9.17) is 4.74 Å². The number of hydrogen-bond acceptors (Lipinski definition) is 4. The number of nitrogens with one attached hydrogen (secondary N) is 1. The zero-order chi connectivity index (χ0) is 20.5. The molecule has 8 heteroatoms. The number of carboxylic acids is 1. The molecule has 0 aliphatic rings. The lowest BCUT2D eigenvalue weighted by atomic mass is 9.99. The minimum absolute atomic E-state index is 0.0644. The molecule has 0 aliphatic carbocycles. The Morgan fingerprint density at radius 2 is 1.64 bits per heavy atom. The van der Waals surface area contributed by atoms with E-state index in [1.807, 2.05) is 6.92 Å². The van der Waals surface area contributed by atoms with Crippen LogP contribution >= 0.6 is 0 Å². The minimum atomic E-state index is -2.95. The third-order valence-corrected chi connectivity index (χ3v) is 3.92. The first-order valence-electron chi connectivity index (χ1n) is 8.66. The van der Waals surface area contributed by atoms with Crippen molar-refractivity contribution in [3.05, 3.63) is 59.7 Å². The summed E-state index contributed by atoms with van der Waals surface area (Å²) < 4.78 is 33.8. The third kappa shape index (κ3) is 6.53. The maximum absolute atomic E-state index is 12.2. The van der Waals surface area contributed by atoms with Crippen LogP contribution < -0.4 is 14.8 Å². The Morgan fingerprint density at radius 3 is 2.18 bits per heavy atom. The molecule has 2 aromatic carbocycles. The molecule has 1 atom stereocenters. The van der Waals surface area contributed by atoms with Gasteiger partial charge in [0.2, 0.25) is 0 Å². The summed E-state index contributed by atoms with van der Waals surface area (Å²) in [6.45, 7) is -0.607. The molecule has 0 fully saturated rings. The highest BCUT2D eigenvalue weighted by Gasteiger charge is 2.19. The van der Waals surface area contributed by atoms with Crippen molar-refractivity contribution in [2.24, 2.45) is 5.92 Å². The monoisotopic (exact) mass is 393 g/mol. The fourth-order valence-electron chi connectivity index (χ4n) is 2.53. The number of carbonyl (C=O) groups excluding carboxylic acids is 1. The van der Waals surface area contributed by atoms with Crippen molar-refractivity contribution in [1.82, 2.24) is 5.32 Å². The van der Waals surface area contributed by atoms with E-state index in [2.05, 4.69) is 10.1 Å². The number of alkyl halides is 2. The molecule has 2 N–H and O–H groups in total. The van der Waals surface area contributed by atoms with Gasteiger partial charge < -0.3 is 19.9 Å². The van der Waals surface area contributed by atoms with E-state index in [1.54, 1.807) is 24.3 Å². The molecule has 0 aliphatic heterocycles. The Kier molecular flexibility index (Phi) is 7.74. The maximum atomic E-state index is 12.2. The van der Waals surface area contributed by atoms with Crippen LogP contribution in [0.5, 0.6) is 11.5 Å². The van der Waals surface area contributed by atoms with Gasteiger partial charge in [-0.1, -0.05) is 12.1 Å². The van der Waals surface area contributed by atoms with Gasteiger partial charge in [-0.05, 0) is 55.3 Å². The first-order chi connectivity index (χ1) is 13.4. The number of halogens is 2. The van der Waals surface area contributed by atoms with Gasteiger partial charge in [-0.15, -0.1) is 0 Å². The predicted octanol–water partition coefficient (Wildman–Crippen LogP) is 3.36. The average Bonchev–Trinajstić information content (AvgIpc) is 2.66. The largest absolute Gasteiger partial charge is 0.494 e. The van der Waals surface area contributed by atoms with Crippen LogP contribution in [0.3, 0.4) is 0 Å². The number of benzene rings is 2. The number of hydrogen-bond donors (Lipinski definition) is 2. The summed E-state index contributed by atoms with van der Waals surface area (Å²) in [4.78, 5) is 23.7. The molecule has 0 radical (unpaired) electrons. The Labute approximate surface area is 161 Å². The third-order valence-electron chi connectivity index (χ3n) is 3.92. The molecule has 28 heavy (non-hydrogen) atoms. The van der Waals surface area contributed by atoms with Gasteiger partial charge in [0.25, 0.3) is 5.91 Å². The quantitative estimate of drug-likeness (QED) is 0.647. The molecule has 1 unspecified atom stereocenters. The fourth-order valence-corrected chi connectivity index (χ4v) is 2.53. The number of rotatable bonds is 10. The zero-order valence-corrected chi connectivity index (χ0v) is 15.2. The Hall–Kier alpha value is -3.16. The molecule has 0 saturated carbocycles. The first kappa shape index (κ1) is 21.1. The lowest BCUT2D eigenvalue weighted by Crippen LogP contribution is -2.34. The van der Waals surface area contributed by atoms with Gasteiger partial charge in [0.15, 0.2) is 0 Å². The molecule has 0 saturated heterocycles. The maximum Gasteiger partial charge on any atom is 0.387 e. The van der Waals surface area contributed by atoms with Crippen LogP contribution in [0.1, 0.15) is 22.8 Å². The molecule has 0 heterocycles. The van der Waals surface area contributed by atoms with E-state index in [-0.39, 0.29) is 24.3 Å². The van der Waals surface area contributed by atoms with Crippen LogP contribution in [-0.2, 0) is 11.2 Å². The molecule has 1 amide bonds. The molecule has 150 valence electrons. The van der Waals surface area contributed by atoms with Crippen molar-refractivity contribution in [3.8, 4) is 11.5 Å². The van der Waals surface area contributed by atoms with E-state index in [9.17, 15) is 23.5 Å². The highest BCUT2D eigenvalue weighted by Crippen LogP contribution is 2.17. The summed E-state index contributed by atoms with van der Waals surface area (Å²) in [6.07, 6.45) is 0.239. The van der Waals surface area contributed by atoms with E-state index >= 15 is 0 Å². The molecule has 6 nitrogen and oxygen atoms in total. The van der Waals surface area contributed by atoms with Gasteiger partial charge in [0.05, 0.1) is 12.5 Å². The van der Waals surface area contributed by atoms with E-state index in [0.717, 1.165) is 5.56 Å².